The van der Waals surface area contributed by atoms with Crippen molar-refractivity contribution in [3.8, 4) is 17.2 Å². The van der Waals surface area contributed by atoms with E-state index in [2.05, 4.69) is 4.90 Å². The minimum atomic E-state index is -3.58. The summed E-state index contributed by atoms with van der Waals surface area (Å²) >= 11 is 0. The van der Waals surface area contributed by atoms with Crippen LogP contribution in [-0.2, 0) is 9.84 Å². The highest BCUT2D eigenvalue weighted by Gasteiger charge is 2.32. The lowest BCUT2D eigenvalue weighted by molar-refractivity contribution is 0.0668. The minimum Gasteiger partial charge on any atom is -0.508 e. The minimum absolute atomic E-state index is 0.00144. The van der Waals surface area contributed by atoms with Crippen LogP contribution in [0.1, 0.15) is 29.7 Å². The quantitative estimate of drug-likeness (QED) is 0.391. The van der Waals surface area contributed by atoms with Gasteiger partial charge in [-0.2, -0.15) is 0 Å². The summed E-state index contributed by atoms with van der Waals surface area (Å²) < 4.78 is 64.5. The molecule has 0 spiro atoms. The van der Waals surface area contributed by atoms with Crippen LogP contribution in [0.2, 0.25) is 0 Å². The molecule has 1 fully saturated rings. The highest BCUT2D eigenvalue weighted by Crippen LogP contribution is 2.48. The predicted molar refractivity (Wildman–Crippen MR) is 141 cm³/mol. The maximum absolute atomic E-state index is 15.2. The fourth-order valence-corrected chi connectivity index (χ4v) is 5.60. The number of nitrogens with zero attached hydrogens (tertiary/aromatic N) is 1. The Labute approximate surface area is 221 Å². The summed E-state index contributed by atoms with van der Waals surface area (Å²) in [7, 11) is -3.58. The SMILES string of the molecule is CC1=C(c2cc(S(C)(=O)=O)ccc2F)[C@@H](c2ccc(OCCN3CC(CF)C3)cc2)Oc2ccc(O)cc21. The summed E-state index contributed by atoms with van der Waals surface area (Å²) in [5.41, 5.74) is 2.58. The number of phenolic OH excluding ortho intramolecular Hbond substituents is 1. The molecule has 0 amide bonds. The third-order valence-electron chi connectivity index (χ3n) is 7.04. The largest absolute Gasteiger partial charge is 0.508 e. The Morgan fingerprint density at radius 1 is 1.05 bits per heavy atom. The molecule has 2 aliphatic rings. The van der Waals surface area contributed by atoms with E-state index in [4.69, 9.17) is 9.47 Å². The van der Waals surface area contributed by atoms with Crippen LogP contribution in [0.5, 0.6) is 17.2 Å². The van der Waals surface area contributed by atoms with Gasteiger partial charge in [-0.05, 0) is 66.6 Å². The molecule has 1 atom stereocenters. The number of phenols is 1. The van der Waals surface area contributed by atoms with Crippen molar-refractivity contribution >= 4 is 21.0 Å². The van der Waals surface area contributed by atoms with E-state index in [1.807, 2.05) is 24.3 Å². The van der Waals surface area contributed by atoms with E-state index in [0.29, 0.717) is 34.8 Å². The van der Waals surface area contributed by atoms with Crippen LogP contribution < -0.4 is 9.47 Å². The maximum Gasteiger partial charge on any atom is 0.175 e. The number of halogens is 2. The molecule has 6 nitrogen and oxygen atoms in total. The van der Waals surface area contributed by atoms with Crippen molar-refractivity contribution in [3.05, 3.63) is 83.2 Å². The molecule has 1 saturated heterocycles. The molecule has 2 aliphatic heterocycles. The average molecular weight is 542 g/mol. The number of hydrogen-bond acceptors (Lipinski definition) is 6. The number of hydrogen-bond donors (Lipinski definition) is 1. The van der Waals surface area contributed by atoms with Gasteiger partial charge in [0.05, 0.1) is 11.6 Å². The molecule has 0 saturated carbocycles. The third-order valence-corrected chi connectivity index (χ3v) is 8.15. The van der Waals surface area contributed by atoms with Crippen molar-refractivity contribution in [1.29, 1.82) is 0 Å². The molecule has 2 heterocycles. The van der Waals surface area contributed by atoms with Gasteiger partial charge in [0.15, 0.2) is 9.84 Å². The van der Waals surface area contributed by atoms with Crippen LogP contribution in [0.15, 0.2) is 65.6 Å². The molecule has 0 aliphatic carbocycles. The van der Waals surface area contributed by atoms with Gasteiger partial charge in [-0.15, -0.1) is 0 Å². The van der Waals surface area contributed by atoms with Crippen molar-refractivity contribution in [3.63, 3.8) is 0 Å². The summed E-state index contributed by atoms with van der Waals surface area (Å²) in [5.74, 6) is 0.771. The fraction of sp³-hybridized carbons (Fsp3) is 0.310. The Balaban J connectivity index is 1.46. The highest BCUT2D eigenvalue weighted by molar-refractivity contribution is 7.90. The third kappa shape index (κ3) is 5.26. The zero-order chi connectivity index (χ0) is 27.0. The van der Waals surface area contributed by atoms with E-state index < -0.39 is 21.8 Å². The van der Waals surface area contributed by atoms with Gasteiger partial charge in [0.2, 0.25) is 0 Å². The van der Waals surface area contributed by atoms with Crippen molar-refractivity contribution in [1.82, 2.24) is 4.90 Å². The van der Waals surface area contributed by atoms with Crippen LogP contribution in [-0.4, -0.2) is 57.6 Å². The van der Waals surface area contributed by atoms with Gasteiger partial charge in [-0.1, -0.05) is 12.1 Å². The van der Waals surface area contributed by atoms with E-state index in [0.717, 1.165) is 37.5 Å². The monoisotopic (exact) mass is 541 g/mol. The first kappa shape index (κ1) is 26.2. The predicted octanol–water partition coefficient (Wildman–Crippen LogP) is 5.28. The maximum atomic E-state index is 15.2. The van der Waals surface area contributed by atoms with Gasteiger partial charge >= 0.3 is 0 Å². The highest BCUT2D eigenvalue weighted by atomic mass is 32.2. The van der Waals surface area contributed by atoms with Gasteiger partial charge in [0.25, 0.3) is 0 Å². The van der Waals surface area contributed by atoms with Crippen molar-refractivity contribution in [2.45, 2.75) is 17.9 Å². The number of ether oxygens (including phenoxy) is 2. The first-order valence-corrected chi connectivity index (χ1v) is 14.2. The number of aromatic hydroxyl groups is 1. The molecule has 0 radical (unpaired) electrons. The molecule has 0 unspecified atom stereocenters. The Morgan fingerprint density at radius 2 is 1.79 bits per heavy atom. The van der Waals surface area contributed by atoms with Crippen molar-refractivity contribution in [2.75, 3.05) is 39.2 Å². The Kier molecular flexibility index (Phi) is 7.15. The molecule has 9 heteroatoms. The molecule has 1 N–H and O–H groups in total. The van der Waals surface area contributed by atoms with Gasteiger partial charge in [-0.3, -0.25) is 9.29 Å². The fourth-order valence-electron chi connectivity index (χ4n) is 4.95. The van der Waals surface area contributed by atoms with Gasteiger partial charge in [-0.25, -0.2) is 12.8 Å². The van der Waals surface area contributed by atoms with E-state index >= 15 is 4.39 Å². The topological polar surface area (TPSA) is 76.1 Å². The van der Waals surface area contributed by atoms with Crippen molar-refractivity contribution < 1.29 is 31.8 Å². The summed E-state index contributed by atoms with van der Waals surface area (Å²) in [4.78, 5) is 2.14. The zero-order valence-corrected chi connectivity index (χ0v) is 22.0. The lowest BCUT2D eigenvalue weighted by Gasteiger charge is -2.37. The molecule has 38 heavy (non-hydrogen) atoms. The normalized spacial score (nSPS) is 18.1. The van der Waals surface area contributed by atoms with E-state index in [1.165, 1.54) is 18.2 Å². The number of allylic oxidation sites excluding steroid dienone is 1. The first-order valence-electron chi connectivity index (χ1n) is 12.4. The Bertz CT molecular complexity index is 1480. The lowest BCUT2D eigenvalue weighted by atomic mass is 9.86. The standard InChI is InChI=1S/C29H29F2NO5S/c1-18-24-13-21(33)5-10-27(24)37-29(28(18)25-14-23(38(2,34)35)8-9-26(25)31)20-3-6-22(7-4-20)36-12-11-32-16-19(15-30)17-32/h3-10,13-14,19,29,33H,11-12,15-17H2,1-2H3/t29-/m1/s1. The second kappa shape index (κ2) is 10.4. The van der Waals surface area contributed by atoms with Crippen LogP contribution in [0, 0.1) is 11.7 Å². The second-order valence-electron chi connectivity index (χ2n) is 9.83. The van der Waals surface area contributed by atoms with Gasteiger partial charge < -0.3 is 14.6 Å². The number of alkyl halides is 1. The van der Waals surface area contributed by atoms with Crippen LogP contribution in [0.3, 0.4) is 0 Å². The molecule has 200 valence electrons. The number of likely N-dealkylation sites (tertiary alicyclic amines) is 1. The van der Waals surface area contributed by atoms with E-state index in [-0.39, 0.29) is 28.8 Å². The number of rotatable bonds is 8. The first-order chi connectivity index (χ1) is 18.1. The number of fused-ring (bicyclic) bond motifs is 1. The lowest BCUT2D eigenvalue weighted by Crippen LogP contribution is -2.49. The summed E-state index contributed by atoms with van der Waals surface area (Å²) in [5, 5.41) is 10.1. The smallest absolute Gasteiger partial charge is 0.175 e. The van der Waals surface area contributed by atoms with E-state index in [1.54, 1.807) is 19.1 Å². The molecule has 3 aromatic rings. The second-order valence-corrected chi connectivity index (χ2v) is 11.8. The number of sulfone groups is 1. The molecule has 0 bridgehead atoms. The summed E-state index contributed by atoms with van der Waals surface area (Å²) in [6.45, 7) is 4.21. The summed E-state index contributed by atoms with van der Waals surface area (Å²) in [6, 6.07) is 15.7. The van der Waals surface area contributed by atoms with Crippen molar-refractivity contribution in [2.24, 2.45) is 5.92 Å². The van der Waals surface area contributed by atoms with Crippen LogP contribution >= 0.6 is 0 Å². The molecular formula is C29H29F2NO5S. The van der Waals surface area contributed by atoms with Crippen LogP contribution in [0.4, 0.5) is 8.78 Å². The molecule has 0 aromatic heterocycles. The zero-order valence-electron chi connectivity index (χ0n) is 21.2. The molecular weight excluding hydrogens is 512 g/mol. The van der Waals surface area contributed by atoms with Crippen LogP contribution in [0.25, 0.3) is 11.1 Å². The molecule has 5 rings (SSSR count). The Morgan fingerprint density at radius 3 is 2.47 bits per heavy atom. The Hall–Kier alpha value is -3.43. The molecule has 3 aromatic carbocycles. The average Bonchev–Trinajstić information content (AvgIpc) is 2.86. The van der Waals surface area contributed by atoms with E-state index in [9.17, 15) is 17.9 Å². The number of benzene rings is 3. The van der Waals surface area contributed by atoms with Gasteiger partial charge in [0, 0.05) is 48.5 Å². The summed E-state index contributed by atoms with van der Waals surface area (Å²) in [6.07, 6.45) is 0.345. The van der Waals surface area contributed by atoms with Gasteiger partial charge in [0.1, 0.15) is 35.8 Å².